The van der Waals surface area contributed by atoms with E-state index in [2.05, 4.69) is 20.9 Å². The van der Waals surface area contributed by atoms with Crippen LogP contribution in [0.1, 0.15) is 50.7 Å². The van der Waals surface area contributed by atoms with Gasteiger partial charge in [0.2, 0.25) is 0 Å². The lowest BCUT2D eigenvalue weighted by atomic mass is 9.90. The second kappa shape index (κ2) is 8.49. The summed E-state index contributed by atoms with van der Waals surface area (Å²) in [6.07, 6.45) is 1.44. The third kappa shape index (κ3) is 3.62. The molecular formula is C22H27N7O4. The summed E-state index contributed by atoms with van der Waals surface area (Å²) in [5.41, 5.74) is 12.2. The average molecular weight is 454 g/mol. The first-order valence-electron chi connectivity index (χ1n) is 11.2. The highest BCUT2D eigenvalue weighted by molar-refractivity contribution is 6.27. The number of nitrogens with one attached hydrogen (secondary N) is 3. The molecule has 33 heavy (non-hydrogen) atoms. The third-order valence-electron chi connectivity index (χ3n) is 6.64. The van der Waals surface area contributed by atoms with Crippen molar-refractivity contribution < 1.29 is 19.1 Å². The molecule has 11 nitrogen and oxygen atoms in total. The number of hydrogen-bond donors (Lipinski definition) is 4. The number of piperidine rings is 1. The minimum atomic E-state index is -0.408. The van der Waals surface area contributed by atoms with Gasteiger partial charge in [-0.25, -0.2) is 9.80 Å². The van der Waals surface area contributed by atoms with Crippen LogP contribution in [0.4, 0.5) is 10.5 Å². The summed E-state index contributed by atoms with van der Waals surface area (Å²) in [4.78, 5) is 40.4. The molecule has 2 fully saturated rings. The highest BCUT2D eigenvalue weighted by Gasteiger charge is 2.39. The first kappa shape index (κ1) is 21.4. The average Bonchev–Trinajstić information content (AvgIpc) is 3.39. The first-order chi connectivity index (χ1) is 16.0. The number of nitrogen functional groups attached to an aromatic ring is 1. The molecule has 5 N–H and O–H groups in total. The molecule has 0 spiro atoms. The van der Waals surface area contributed by atoms with Gasteiger partial charge in [0, 0.05) is 56.0 Å². The zero-order valence-corrected chi connectivity index (χ0v) is 18.4. The maximum Gasteiger partial charge on any atom is 0.317 e. The summed E-state index contributed by atoms with van der Waals surface area (Å²) in [7, 11) is 1.62. The molecule has 174 valence electrons. The van der Waals surface area contributed by atoms with Gasteiger partial charge < -0.3 is 20.7 Å². The minimum Gasteiger partial charge on any atom is -0.398 e. The van der Waals surface area contributed by atoms with Crippen molar-refractivity contribution in [2.75, 3.05) is 52.2 Å². The fourth-order valence-electron chi connectivity index (χ4n) is 4.90. The Morgan fingerprint density at radius 2 is 1.88 bits per heavy atom. The number of amides is 3. The molecule has 1 aromatic carbocycles. The Balaban J connectivity index is 1.42. The van der Waals surface area contributed by atoms with Gasteiger partial charge in [-0.2, -0.15) is 5.10 Å². The van der Waals surface area contributed by atoms with Gasteiger partial charge in [-0.3, -0.25) is 20.1 Å². The van der Waals surface area contributed by atoms with E-state index in [0.29, 0.717) is 61.8 Å². The number of fused-ring (bicyclic) bond motifs is 3. The lowest BCUT2D eigenvalue weighted by molar-refractivity contribution is 0.0126. The number of nitrogens with two attached hydrogens (primary N) is 1. The van der Waals surface area contributed by atoms with Crippen molar-refractivity contribution in [1.29, 1.82) is 0 Å². The predicted molar refractivity (Wildman–Crippen MR) is 120 cm³/mol. The largest absolute Gasteiger partial charge is 0.398 e. The number of carbonyl (C=O) groups excluding carboxylic acids is 3. The first-order valence-corrected chi connectivity index (χ1v) is 11.2. The van der Waals surface area contributed by atoms with Crippen molar-refractivity contribution in [3.05, 3.63) is 34.5 Å². The number of hydrogen-bond acceptors (Lipinski definition) is 7. The normalized spacial score (nSPS) is 18.7. The van der Waals surface area contributed by atoms with E-state index >= 15 is 0 Å². The molecule has 0 atom stereocenters. The Labute approximate surface area is 190 Å². The number of H-pyrrole nitrogens is 1. The Kier molecular flexibility index (Phi) is 5.51. The summed E-state index contributed by atoms with van der Waals surface area (Å²) < 4.78 is 5.32. The van der Waals surface area contributed by atoms with Crippen LogP contribution in [-0.2, 0) is 4.74 Å². The second-order valence-corrected chi connectivity index (χ2v) is 8.50. The number of ketones is 1. The van der Waals surface area contributed by atoms with Gasteiger partial charge in [0.25, 0.3) is 5.91 Å². The Hall–Kier alpha value is -3.44. The highest BCUT2D eigenvalue weighted by Crippen LogP contribution is 2.43. The summed E-state index contributed by atoms with van der Waals surface area (Å²) >= 11 is 0. The second-order valence-electron chi connectivity index (χ2n) is 8.50. The van der Waals surface area contributed by atoms with Crippen molar-refractivity contribution in [3.8, 4) is 11.3 Å². The molecule has 11 heteroatoms. The zero-order valence-electron chi connectivity index (χ0n) is 18.4. The van der Waals surface area contributed by atoms with E-state index in [-0.39, 0.29) is 29.0 Å². The standard InChI is InChI=1S/C22H27N7O4/c1-24-22(32)28-6-4-12(5-7-28)18-17-19(26-25-18)13-2-3-14(23)16(15(13)20(17)30)21(31)27-29-8-10-33-11-9-29/h2-3,12H,4-11,23H2,1H3,(H,24,32)(H,25,26)(H,27,31). The van der Waals surface area contributed by atoms with Crippen LogP contribution in [-0.4, -0.2) is 84.3 Å². The van der Waals surface area contributed by atoms with Gasteiger partial charge in [0.1, 0.15) is 5.69 Å². The van der Waals surface area contributed by atoms with Crippen LogP contribution >= 0.6 is 0 Å². The van der Waals surface area contributed by atoms with E-state index in [1.54, 1.807) is 29.1 Å². The van der Waals surface area contributed by atoms with E-state index in [1.165, 1.54) is 0 Å². The highest BCUT2D eigenvalue weighted by atomic mass is 16.5. The van der Waals surface area contributed by atoms with Crippen molar-refractivity contribution in [3.63, 3.8) is 0 Å². The molecule has 0 unspecified atom stereocenters. The van der Waals surface area contributed by atoms with Crippen LogP contribution in [0.5, 0.6) is 0 Å². The summed E-state index contributed by atoms with van der Waals surface area (Å²) in [5, 5.41) is 11.9. The Bertz CT molecular complexity index is 1110. The molecule has 3 aliphatic rings. The number of hydrazine groups is 1. The Morgan fingerprint density at radius 3 is 2.58 bits per heavy atom. The molecule has 0 bridgehead atoms. The lowest BCUT2D eigenvalue weighted by Gasteiger charge is -2.31. The van der Waals surface area contributed by atoms with E-state index in [9.17, 15) is 14.4 Å². The molecule has 2 aliphatic heterocycles. The van der Waals surface area contributed by atoms with E-state index < -0.39 is 5.91 Å². The fourth-order valence-corrected chi connectivity index (χ4v) is 4.90. The molecule has 5 rings (SSSR count). The van der Waals surface area contributed by atoms with E-state index in [1.807, 2.05) is 0 Å². The SMILES string of the molecule is CNC(=O)N1CCC(c2[nH]nc3c2C(=O)c2c-3ccc(N)c2C(=O)NN2CCOCC2)CC1. The van der Waals surface area contributed by atoms with E-state index in [4.69, 9.17) is 10.5 Å². The molecule has 3 amide bonds. The van der Waals surface area contributed by atoms with Crippen molar-refractivity contribution in [2.45, 2.75) is 18.8 Å². The Morgan fingerprint density at radius 1 is 1.15 bits per heavy atom. The van der Waals surface area contributed by atoms with Gasteiger partial charge in [-0.15, -0.1) is 0 Å². The molecule has 0 radical (unpaired) electrons. The minimum absolute atomic E-state index is 0.0726. The fraction of sp³-hybridized carbons (Fsp3) is 0.455. The maximum absolute atomic E-state index is 13.6. The number of anilines is 1. The predicted octanol–water partition coefficient (Wildman–Crippen LogP) is 0.699. The van der Waals surface area contributed by atoms with Crippen LogP contribution in [0.25, 0.3) is 11.3 Å². The third-order valence-corrected chi connectivity index (χ3v) is 6.64. The molecule has 2 saturated heterocycles. The number of aromatic amines is 1. The van der Waals surface area contributed by atoms with Crippen LogP contribution in [0.15, 0.2) is 12.1 Å². The molecule has 0 saturated carbocycles. The summed E-state index contributed by atoms with van der Waals surface area (Å²) in [6, 6.07) is 3.29. The van der Waals surface area contributed by atoms with Gasteiger partial charge in [-0.1, -0.05) is 0 Å². The van der Waals surface area contributed by atoms with E-state index in [0.717, 1.165) is 18.5 Å². The van der Waals surface area contributed by atoms with Gasteiger partial charge in [0.15, 0.2) is 5.78 Å². The van der Waals surface area contributed by atoms with Crippen LogP contribution in [0.3, 0.4) is 0 Å². The topological polar surface area (TPSA) is 146 Å². The van der Waals surface area contributed by atoms with Gasteiger partial charge in [0.05, 0.1) is 30.0 Å². The molecular weight excluding hydrogens is 426 g/mol. The zero-order chi connectivity index (χ0) is 23.1. The number of likely N-dealkylation sites (tertiary alicyclic amines) is 1. The smallest absolute Gasteiger partial charge is 0.317 e. The number of nitrogens with zero attached hydrogens (tertiary/aromatic N) is 3. The van der Waals surface area contributed by atoms with Crippen molar-refractivity contribution in [2.24, 2.45) is 0 Å². The number of carbonyl (C=O) groups is 3. The lowest BCUT2D eigenvalue weighted by Crippen LogP contribution is -2.48. The molecule has 2 aromatic rings. The number of urea groups is 1. The maximum atomic E-state index is 13.6. The number of aromatic nitrogens is 2. The number of morpholine rings is 1. The summed E-state index contributed by atoms with van der Waals surface area (Å²) in [5.74, 6) is -0.575. The molecule has 3 heterocycles. The van der Waals surface area contributed by atoms with Crippen molar-refractivity contribution in [1.82, 2.24) is 30.8 Å². The van der Waals surface area contributed by atoms with Crippen LogP contribution in [0, 0.1) is 0 Å². The number of rotatable bonds is 3. The van der Waals surface area contributed by atoms with Crippen molar-refractivity contribution >= 4 is 23.4 Å². The number of benzene rings is 1. The van der Waals surface area contributed by atoms with Crippen LogP contribution in [0.2, 0.25) is 0 Å². The van der Waals surface area contributed by atoms with Gasteiger partial charge >= 0.3 is 6.03 Å². The van der Waals surface area contributed by atoms with Crippen LogP contribution < -0.4 is 16.5 Å². The number of ether oxygens (including phenoxy) is 1. The quantitative estimate of drug-likeness (QED) is 0.427. The summed E-state index contributed by atoms with van der Waals surface area (Å²) in [6.45, 7) is 3.38. The molecule has 1 aliphatic carbocycles. The monoisotopic (exact) mass is 453 g/mol. The molecule has 1 aromatic heterocycles. The van der Waals surface area contributed by atoms with Gasteiger partial charge in [-0.05, 0) is 25.0 Å².